The maximum Gasteiger partial charge on any atom is 0.129 e. The average molecular weight is 330 g/mol. The Labute approximate surface area is 143 Å². The summed E-state index contributed by atoms with van der Waals surface area (Å²) in [6.45, 7) is 12.9. The van der Waals surface area contributed by atoms with Gasteiger partial charge in [0.25, 0.3) is 0 Å². The molecule has 0 amide bonds. The zero-order chi connectivity index (χ0) is 17.4. The fourth-order valence-electron chi connectivity index (χ4n) is 2.24. The second-order valence-corrected chi connectivity index (χ2v) is 9.05. The van der Waals surface area contributed by atoms with Gasteiger partial charge in [0.15, 0.2) is 0 Å². The molecule has 0 aliphatic heterocycles. The molecule has 0 radical (unpaired) electrons. The van der Waals surface area contributed by atoms with Crippen LogP contribution in [0.2, 0.25) is 0 Å². The minimum atomic E-state index is 0.0122. The third kappa shape index (κ3) is 4.23. The molecular weight excluding hydrogens is 304 g/mol. The van der Waals surface area contributed by atoms with Crippen LogP contribution in [0.5, 0.6) is 11.5 Å². The molecule has 2 aromatic carbocycles. The van der Waals surface area contributed by atoms with Gasteiger partial charge in [0.05, 0.1) is 9.79 Å². The molecule has 2 nitrogen and oxygen atoms in total. The SMILES string of the molecule is CC(C)(C)c1ccc(O)c(Sc2cc(C(C)(C)C)ccc2O)c1. The van der Waals surface area contributed by atoms with E-state index in [1.54, 1.807) is 12.1 Å². The lowest BCUT2D eigenvalue weighted by Crippen LogP contribution is -2.11. The van der Waals surface area contributed by atoms with Gasteiger partial charge in [0.1, 0.15) is 11.5 Å². The normalized spacial score (nSPS) is 12.4. The zero-order valence-electron chi connectivity index (χ0n) is 14.8. The third-order valence-electron chi connectivity index (χ3n) is 3.87. The highest BCUT2D eigenvalue weighted by atomic mass is 32.2. The Kier molecular flexibility index (Phi) is 4.72. The number of phenolic OH excluding ortho intramolecular Hbond substituents is 2. The summed E-state index contributed by atoms with van der Waals surface area (Å²) in [5.41, 5.74) is 2.34. The zero-order valence-corrected chi connectivity index (χ0v) is 15.6. The first kappa shape index (κ1) is 17.7. The van der Waals surface area contributed by atoms with E-state index in [1.165, 1.54) is 11.8 Å². The summed E-state index contributed by atoms with van der Waals surface area (Å²) in [7, 11) is 0. The monoisotopic (exact) mass is 330 g/mol. The van der Waals surface area contributed by atoms with Gasteiger partial charge >= 0.3 is 0 Å². The fourth-order valence-corrected chi connectivity index (χ4v) is 3.20. The lowest BCUT2D eigenvalue weighted by molar-refractivity contribution is 0.458. The summed E-state index contributed by atoms with van der Waals surface area (Å²) in [5.74, 6) is 0.479. The molecule has 0 bridgehead atoms. The highest BCUT2D eigenvalue weighted by Gasteiger charge is 2.19. The Morgan fingerprint density at radius 2 is 1.00 bits per heavy atom. The second kappa shape index (κ2) is 6.12. The minimum absolute atomic E-state index is 0.0122. The molecule has 0 heterocycles. The Morgan fingerprint density at radius 1 is 0.652 bits per heavy atom. The molecule has 124 valence electrons. The molecule has 3 heteroatoms. The number of rotatable bonds is 2. The van der Waals surface area contributed by atoms with Crippen molar-refractivity contribution in [1.82, 2.24) is 0 Å². The van der Waals surface area contributed by atoms with Crippen molar-refractivity contribution in [3.05, 3.63) is 47.5 Å². The van der Waals surface area contributed by atoms with E-state index >= 15 is 0 Å². The van der Waals surface area contributed by atoms with Crippen LogP contribution in [0.3, 0.4) is 0 Å². The maximum absolute atomic E-state index is 10.2. The van der Waals surface area contributed by atoms with Gasteiger partial charge in [0, 0.05) is 0 Å². The van der Waals surface area contributed by atoms with Crippen LogP contribution in [-0.4, -0.2) is 10.2 Å². The van der Waals surface area contributed by atoms with E-state index in [2.05, 4.69) is 41.5 Å². The van der Waals surface area contributed by atoms with Crippen LogP contribution in [0.4, 0.5) is 0 Å². The number of phenols is 2. The quantitative estimate of drug-likeness (QED) is 0.726. The van der Waals surface area contributed by atoms with Crippen molar-refractivity contribution < 1.29 is 10.2 Å². The van der Waals surface area contributed by atoms with E-state index in [4.69, 9.17) is 0 Å². The average Bonchev–Trinajstić information content (AvgIpc) is 2.41. The highest BCUT2D eigenvalue weighted by Crippen LogP contribution is 2.42. The maximum atomic E-state index is 10.2. The fraction of sp³-hybridized carbons (Fsp3) is 0.400. The first-order valence-electron chi connectivity index (χ1n) is 7.83. The summed E-state index contributed by atoms with van der Waals surface area (Å²) in [4.78, 5) is 1.53. The smallest absolute Gasteiger partial charge is 0.129 e. The highest BCUT2D eigenvalue weighted by molar-refractivity contribution is 7.99. The molecule has 0 atom stereocenters. The minimum Gasteiger partial charge on any atom is -0.507 e. The number of hydrogen-bond acceptors (Lipinski definition) is 3. The molecule has 0 saturated carbocycles. The van der Waals surface area contributed by atoms with Gasteiger partial charge in [-0.1, -0.05) is 65.4 Å². The molecule has 2 aromatic rings. The van der Waals surface area contributed by atoms with Crippen LogP contribution >= 0.6 is 11.8 Å². The summed E-state index contributed by atoms with van der Waals surface area (Å²) in [6.07, 6.45) is 0. The largest absolute Gasteiger partial charge is 0.507 e. The molecule has 0 aliphatic carbocycles. The van der Waals surface area contributed by atoms with Crippen molar-refractivity contribution >= 4 is 11.8 Å². The molecular formula is C20H26O2S. The summed E-state index contributed by atoms with van der Waals surface area (Å²) >= 11 is 1.40. The number of hydrogen-bond donors (Lipinski definition) is 2. The number of aromatic hydroxyl groups is 2. The summed E-state index contributed by atoms with van der Waals surface area (Å²) < 4.78 is 0. The van der Waals surface area contributed by atoms with E-state index in [0.29, 0.717) is 0 Å². The molecule has 0 aliphatic rings. The molecule has 0 aromatic heterocycles. The first-order valence-corrected chi connectivity index (χ1v) is 8.65. The van der Waals surface area contributed by atoms with E-state index in [-0.39, 0.29) is 22.3 Å². The van der Waals surface area contributed by atoms with Crippen LogP contribution < -0.4 is 0 Å². The molecule has 0 unspecified atom stereocenters. The predicted octanol–water partition coefficient (Wildman–Crippen LogP) is 5.84. The van der Waals surface area contributed by atoms with E-state index < -0.39 is 0 Å². The van der Waals surface area contributed by atoms with Crippen LogP contribution in [0.25, 0.3) is 0 Å². The lowest BCUT2D eigenvalue weighted by atomic mass is 9.87. The lowest BCUT2D eigenvalue weighted by Gasteiger charge is -2.21. The summed E-state index contributed by atoms with van der Waals surface area (Å²) in [5, 5.41) is 20.4. The number of benzene rings is 2. The molecule has 2 N–H and O–H groups in total. The Bertz CT molecular complexity index is 645. The van der Waals surface area contributed by atoms with Crippen molar-refractivity contribution in [1.29, 1.82) is 0 Å². The van der Waals surface area contributed by atoms with Crippen LogP contribution in [0.1, 0.15) is 52.7 Å². The van der Waals surface area contributed by atoms with Gasteiger partial charge in [0.2, 0.25) is 0 Å². The summed E-state index contributed by atoms with van der Waals surface area (Å²) in [6, 6.07) is 11.4. The molecule has 0 spiro atoms. The Balaban J connectivity index is 2.43. The molecule has 0 saturated heterocycles. The van der Waals surface area contributed by atoms with Gasteiger partial charge in [-0.05, 0) is 46.2 Å². The molecule has 23 heavy (non-hydrogen) atoms. The van der Waals surface area contributed by atoms with Crippen LogP contribution in [0, 0.1) is 0 Å². The van der Waals surface area contributed by atoms with E-state index in [1.807, 2.05) is 24.3 Å². The first-order chi connectivity index (χ1) is 10.5. The standard InChI is InChI=1S/C20H26O2S/c1-19(2,3)13-7-9-15(21)17(11-13)23-18-12-14(20(4,5)6)8-10-16(18)22/h7-12,21-22H,1-6H3. The van der Waals surface area contributed by atoms with Crippen molar-refractivity contribution in [2.75, 3.05) is 0 Å². The van der Waals surface area contributed by atoms with Crippen molar-refractivity contribution in [3.8, 4) is 11.5 Å². The second-order valence-electron chi connectivity index (χ2n) is 7.97. The Morgan fingerprint density at radius 3 is 1.30 bits per heavy atom. The van der Waals surface area contributed by atoms with Crippen LogP contribution in [-0.2, 0) is 10.8 Å². The Hall–Kier alpha value is -1.61. The molecule has 0 fully saturated rings. The van der Waals surface area contributed by atoms with Gasteiger partial charge in [-0.25, -0.2) is 0 Å². The van der Waals surface area contributed by atoms with Gasteiger partial charge < -0.3 is 10.2 Å². The van der Waals surface area contributed by atoms with E-state index in [0.717, 1.165) is 20.9 Å². The topological polar surface area (TPSA) is 40.5 Å². The van der Waals surface area contributed by atoms with Crippen LogP contribution in [0.15, 0.2) is 46.2 Å². The van der Waals surface area contributed by atoms with Gasteiger partial charge in [-0.3, -0.25) is 0 Å². The van der Waals surface area contributed by atoms with Gasteiger partial charge in [-0.15, -0.1) is 0 Å². The predicted molar refractivity (Wildman–Crippen MR) is 97.7 cm³/mol. The molecule has 2 rings (SSSR count). The van der Waals surface area contributed by atoms with Gasteiger partial charge in [-0.2, -0.15) is 0 Å². The van der Waals surface area contributed by atoms with Crippen molar-refractivity contribution in [3.63, 3.8) is 0 Å². The van der Waals surface area contributed by atoms with E-state index in [9.17, 15) is 10.2 Å². The third-order valence-corrected chi connectivity index (χ3v) is 4.97. The van der Waals surface area contributed by atoms with Crippen molar-refractivity contribution in [2.45, 2.75) is 62.2 Å². The van der Waals surface area contributed by atoms with Crippen molar-refractivity contribution in [2.24, 2.45) is 0 Å².